The third-order valence-electron chi connectivity index (χ3n) is 8.76. The molecule has 0 spiro atoms. The predicted octanol–water partition coefficient (Wildman–Crippen LogP) is 6.28. The molecule has 4 heteroatoms. The molecule has 4 saturated carbocycles. The van der Waals surface area contributed by atoms with Crippen LogP contribution in [0.4, 0.5) is 0 Å². The minimum absolute atomic E-state index is 0. The standard InChI is InChI=1S/C28H36N2.2ClH/c1-2-4-25(5-3-1)27(28-17-22-14-23(18-28)16-24(15-22)19-28)26-8-6-21(7-9-26)20-30-12-10-29-11-13-30;;/h1-9,22-24,27,29H,10-20H2;2*1H. The van der Waals surface area contributed by atoms with Gasteiger partial charge in [0.15, 0.2) is 0 Å². The Hall–Kier alpha value is -1.06. The van der Waals surface area contributed by atoms with Gasteiger partial charge in [0.25, 0.3) is 0 Å². The molecule has 4 bridgehead atoms. The predicted molar refractivity (Wildman–Crippen MR) is 138 cm³/mol. The van der Waals surface area contributed by atoms with Crippen LogP contribution in [-0.2, 0) is 6.54 Å². The van der Waals surface area contributed by atoms with Gasteiger partial charge in [-0.3, -0.25) is 4.90 Å². The second-order valence-electron chi connectivity index (χ2n) is 10.9. The van der Waals surface area contributed by atoms with Crippen molar-refractivity contribution in [2.75, 3.05) is 26.2 Å². The van der Waals surface area contributed by atoms with Crippen LogP contribution in [0.25, 0.3) is 0 Å². The molecule has 2 aromatic rings. The summed E-state index contributed by atoms with van der Waals surface area (Å²) >= 11 is 0. The molecule has 1 aliphatic heterocycles. The van der Waals surface area contributed by atoms with E-state index in [1.165, 1.54) is 57.2 Å². The lowest BCUT2D eigenvalue weighted by atomic mass is 9.45. The van der Waals surface area contributed by atoms with Crippen LogP contribution in [0, 0.1) is 23.2 Å². The van der Waals surface area contributed by atoms with Gasteiger partial charge in [0.1, 0.15) is 0 Å². The molecule has 4 aliphatic carbocycles. The van der Waals surface area contributed by atoms with Crippen molar-refractivity contribution in [3.05, 3.63) is 71.3 Å². The van der Waals surface area contributed by atoms with E-state index in [9.17, 15) is 0 Å². The normalized spacial score (nSPS) is 32.1. The summed E-state index contributed by atoms with van der Waals surface area (Å²) in [5, 5.41) is 3.46. The molecule has 2 aromatic carbocycles. The third kappa shape index (κ3) is 4.62. The molecule has 32 heavy (non-hydrogen) atoms. The van der Waals surface area contributed by atoms with Gasteiger partial charge < -0.3 is 5.32 Å². The summed E-state index contributed by atoms with van der Waals surface area (Å²) in [6, 6.07) is 21.3. The van der Waals surface area contributed by atoms with Gasteiger partial charge in [0.05, 0.1) is 0 Å². The molecule has 1 unspecified atom stereocenters. The Kier molecular flexibility index (Phi) is 7.56. The van der Waals surface area contributed by atoms with Crippen molar-refractivity contribution >= 4 is 24.8 Å². The Labute approximate surface area is 206 Å². The van der Waals surface area contributed by atoms with E-state index in [0.717, 1.165) is 37.4 Å². The quantitative estimate of drug-likeness (QED) is 0.550. The third-order valence-corrected chi connectivity index (χ3v) is 8.76. The summed E-state index contributed by atoms with van der Waals surface area (Å²) < 4.78 is 0. The van der Waals surface area contributed by atoms with Gasteiger partial charge in [-0.1, -0.05) is 54.6 Å². The van der Waals surface area contributed by atoms with Gasteiger partial charge >= 0.3 is 0 Å². The second kappa shape index (κ2) is 10.1. The van der Waals surface area contributed by atoms with Gasteiger partial charge in [-0.05, 0) is 78.4 Å². The number of nitrogens with one attached hydrogen (secondary N) is 1. The fraction of sp³-hybridized carbons (Fsp3) is 0.571. The lowest BCUT2D eigenvalue weighted by Crippen LogP contribution is -2.49. The van der Waals surface area contributed by atoms with Crippen molar-refractivity contribution in [3.8, 4) is 0 Å². The van der Waals surface area contributed by atoms with Crippen LogP contribution in [0.3, 0.4) is 0 Å². The zero-order chi connectivity index (χ0) is 20.0. The molecule has 1 heterocycles. The highest BCUT2D eigenvalue weighted by Crippen LogP contribution is 2.65. The maximum atomic E-state index is 3.46. The number of hydrogen-bond donors (Lipinski definition) is 1. The molecule has 0 radical (unpaired) electrons. The largest absolute Gasteiger partial charge is 0.314 e. The van der Waals surface area contributed by atoms with Crippen molar-refractivity contribution in [2.24, 2.45) is 23.2 Å². The molecule has 1 saturated heterocycles. The average molecular weight is 474 g/mol. The molecule has 1 atom stereocenters. The van der Waals surface area contributed by atoms with Crippen LogP contribution >= 0.6 is 24.8 Å². The number of piperazine rings is 1. The zero-order valence-corrected chi connectivity index (χ0v) is 20.7. The monoisotopic (exact) mass is 472 g/mol. The zero-order valence-electron chi connectivity index (χ0n) is 19.0. The molecule has 0 amide bonds. The van der Waals surface area contributed by atoms with E-state index in [2.05, 4.69) is 64.8 Å². The van der Waals surface area contributed by atoms with Crippen LogP contribution < -0.4 is 5.32 Å². The van der Waals surface area contributed by atoms with Gasteiger partial charge in [-0.25, -0.2) is 0 Å². The number of rotatable bonds is 5. The van der Waals surface area contributed by atoms with E-state index in [1.807, 2.05) is 0 Å². The van der Waals surface area contributed by atoms with Crippen LogP contribution in [0.1, 0.15) is 61.1 Å². The van der Waals surface area contributed by atoms with Gasteiger partial charge in [-0.2, -0.15) is 0 Å². The Morgan fingerprint density at radius 2 is 1.28 bits per heavy atom. The summed E-state index contributed by atoms with van der Waals surface area (Å²) in [5.74, 6) is 3.55. The number of hydrogen-bond acceptors (Lipinski definition) is 2. The van der Waals surface area contributed by atoms with Crippen molar-refractivity contribution in [1.29, 1.82) is 0 Å². The first-order chi connectivity index (χ1) is 14.8. The van der Waals surface area contributed by atoms with Crippen molar-refractivity contribution < 1.29 is 0 Å². The van der Waals surface area contributed by atoms with E-state index in [-0.39, 0.29) is 24.8 Å². The Morgan fingerprint density at radius 3 is 1.84 bits per heavy atom. The van der Waals surface area contributed by atoms with E-state index in [0.29, 0.717) is 11.3 Å². The van der Waals surface area contributed by atoms with Crippen molar-refractivity contribution in [3.63, 3.8) is 0 Å². The molecule has 5 fully saturated rings. The van der Waals surface area contributed by atoms with Gasteiger partial charge in [0.2, 0.25) is 0 Å². The second-order valence-corrected chi connectivity index (χ2v) is 10.9. The first-order valence-corrected chi connectivity index (χ1v) is 12.3. The van der Waals surface area contributed by atoms with Crippen LogP contribution in [0.5, 0.6) is 0 Å². The fourth-order valence-corrected chi connectivity index (χ4v) is 8.02. The summed E-state index contributed by atoms with van der Waals surface area (Å²) in [6.07, 6.45) is 8.93. The highest BCUT2D eigenvalue weighted by molar-refractivity contribution is 5.85. The van der Waals surface area contributed by atoms with Crippen LogP contribution in [0.2, 0.25) is 0 Å². The summed E-state index contributed by atoms with van der Waals surface area (Å²) in [7, 11) is 0. The molecule has 7 rings (SSSR count). The number of halogens is 2. The van der Waals surface area contributed by atoms with Crippen LogP contribution in [-0.4, -0.2) is 31.1 Å². The van der Waals surface area contributed by atoms with E-state index in [4.69, 9.17) is 0 Å². The average Bonchev–Trinajstić information content (AvgIpc) is 2.76. The molecule has 1 N–H and O–H groups in total. The molecular weight excluding hydrogens is 435 g/mol. The lowest BCUT2D eigenvalue weighted by Gasteiger charge is -2.60. The van der Waals surface area contributed by atoms with Gasteiger partial charge in [-0.15, -0.1) is 24.8 Å². The van der Waals surface area contributed by atoms with Crippen LogP contribution in [0.15, 0.2) is 54.6 Å². The Balaban J connectivity index is 0.00000122. The maximum Gasteiger partial charge on any atom is 0.0234 e. The SMILES string of the molecule is Cl.Cl.c1ccc(C(c2ccc(CN3CCNCC3)cc2)C23CC4CC(CC(C4)C2)C3)cc1. The topological polar surface area (TPSA) is 15.3 Å². The van der Waals surface area contributed by atoms with Crippen molar-refractivity contribution in [1.82, 2.24) is 10.2 Å². The fourth-order valence-electron chi connectivity index (χ4n) is 8.02. The smallest absolute Gasteiger partial charge is 0.0234 e. The summed E-state index contributed by atoms with van der Waals surface area (Å²) in [6.45, 7) is 5.68. The lowest BCUT2D eigenvalue weighted by molar-refractivity contribution is -0.0618. The Morgan fingerprint density at radius 1 is 0.750 bits per heavy atom. The first-order valence-electron chi connectivity index (χ1n) is 12.3. The highest BCUT2D eigenvalue weighted by Gasteiger charge is 2.54. The van der Waals surface area contributed by atoms with Crippen molar-refractivity contribution in [2.45, 2.75) is 51.0 Å². The van der Waals surface area contributed by atoms with E-state index >= 15 is 0 Å². The van der Waals surface area contributed by atoms with E-state index in [1.54, 1.807) is 11.1 Å². The molecule has 5 aliphatic rings. The maximum absolute atomic E-state index is 3.46. The number of benzene rings is 2. The minimum Gasteiger partial charge on any atom is -0.314 e. The first kappa shape index (κ1) is 24.1. The summed E-state index contributed by atoms with van der Waals surface area (Å²) in [5.41, 5.74) is 5.08. The van der Waals surface area contributed by atoms with E-state index < -0.39 is 0 Å². The highest BCUT2D eigenvalue weighted by atomic mass is 35.5. The molecule has 2 nitrogen and oxygen atoms in total. The molecule has 0 aromatic heterocycles. The molecular formula is C28H38Cl2N2. The van der Waals surface area contributed by atoms with Gasteiger partial charge in [0, 0.05) is 38.6 Å². The number of nitrogens with zero attached hydrogens (tertiary/aromatic N) is 1. The Bertz CT molecular complexity index is 825. The minimum atomic E-state index is 0. The molecule has 174 valence electrons. The summed E-state index contributed by atoms with van der Waals surface area (Å²) in [4.78, 5) is 2.58.